The first-order valence-electron chi connectivity index (χ1n) is 5.06. The van der Waals surface area contributed by atoms with Gasteiger partial charge in [0.05, 0.1) is 6.10 Å². The topological polar surface area (TPSA) is 20.2 Å². The molecule has 84 valence electrons. The second-order valence-electron chi connectivity index (χ2n) is 4.25. The maximum Gasteiger partial charge on any atom is 0.126 e. The van der Waals surface area contributed by atoms with Crippen molar-refractivity contribution in [1.29, 1.82) is 0 Å². The molecule has 0 aliphatic carbocycles. The van der Waals surface area contributed by atoms with Crippen molar-refractivity contribution in [3.63, 3.8) is 0 Å². The highest BCUT2D eigenvalue weighted by Crippen LogP contribution is 2.28. The molecule has 1 aromatic carbocycles. The van der Waals surface area contributed by atoms with Gasteiger partial charge in [-0.3, -0.25) is 0 Å². The molecule has 0 aromatic heterocycles. The van der Waals surface area contributed by atoms with Crippen molar-refractivity contribution in [1.82, 2.24) is 0 Å². The van der Waals surface area contributed by atoms with Gasteiger partial charge in [-0.25, -0.2) is 8.78 Å². The quantitative estimate of drug-likeness (QED) is 0.818. The maximum absolute atomic E-state index is 12.9. The van der Waals surface area contributed by atoms with Crippen molar-refractivity contribution in [3.8, 4) is 0 Å². The van der Waals surface area contributed by atoms with E-state index in [9.17, 15) is 13.9 Å². The summed E-state index contributed by atoms with van der Waals surface area (Å²) in [6.07, 6.45) is -0.824. The molecule has 0 aliphatic heterocycles. The number of benzene rings is 1. The molecule has 0 spiro atoms. The lowest BCUT2D eigenvalue weighted by molar-refractivity contribution is 0.0915. The van der Waals surface area contributed by atoms with E-state index in [4.69, 9.17) is 0 Å². The fourth-order valence-electron chi connectivity index (χ4n) is 1.41. The normalized spacial score (nSPS) is 15.4. The Labute approximate surface area is 88.7 Å². The van der Waals surface area contributed by atoms with E-state index in [1.807, 2.05) is 20.8 Å². The van der Waals surface area contributed by atoms with Crippen molar-refractivity contribution in [3.05, 3.63) is 35.4 Å². The number of aliphatic hydroxyl groups is 1. The van der Waals surface area contributed by atoms with Crippen molar-refractivity contribution < 1.29 is 13.9 Å². The summed E-state index contributed by atoms with van der Waals surface area (Å²) in [4.78, 5) is 0. The van der Waals surface area contributed by atoms with Crippen LogP contribution in [0.3, 0.4) is 0 Å². The Bertz CT molecular complexity index is 316. The molecule has 1 N–H and O–H groups in total. The standard InChI is InChI=1S/C12H16F2O/c1-7(2)8(3)12(15)9-4-10(13)6-11(14)5-9/h4-8,12,15H,1-3H3. The first-order chi connectivity index (χ1) is 6.91. The molecule has 1 rings (SSSR count). The fraction of sp³-hybridized carbons (Fsp3) is 0.500. The summed E-state index contributed by atoms with van der Waals surface area (Å²) < 4.78 is 25.8. The van der Waals surface area contributed by atoms with Crippen LogP contribution in [0.25, 0.3) is 0 Å². The van der Waals surface area contributed by atoms with Gasteiger partial charge in [0.2, 0.25) is 0 Å². The third-order valence-corrected chi connectivity index (χ3v) is 2.78. The van der Waals surface area contributed by atoms with E-state index in [0.717, 1.165) is 6.07 Å². The van der Waals surface area contributed by atoms with Gasteiger partial charge in [0.15, 0.2) is 0 Å². The number of aliphatic hydroxyl groups excluding tert-OH is 1. The van der Waals surface area contributed by atoms with Gasteiger partial charge < -0.3 is 5.11 Å². The van der Waals surface area contributed by atoms with Gasteiger partial charge in [-0.15, -0.1) is 0 Å². The fourth-order valence-corrected chi connectivity index (χ4v) is 1.41. The first-order valence-corrected chi connectivity index (χ1v) is 5.06. The van der Waals surface area contributed by atoms with Crippen molar-refractivity contribution >= 4 is 0 Å². The average molecular weight is 214 g/mol. The monoisotopic (exact) mass is 214 g/mol. The van der Waals surface area contributed by atoms with E-state index in [2.05, 4.69) is 0 Å². The van der Waals surface area contributed by atoms with E-state index in [0.29, 0.717) is 5.56 Å². The van der Waals surface area contributed by atoms with E-state index in [1.165, 1.54) is 12.1 Å². The number of hydrogen-bond acceptors (Lipinski definition) is 1. The summed E-state index contributed by atoms with van der Waals surface area (Å²) in [7, 11) is 0. The molecule has 0 aliphatic rings. The molecule has 1 aromatic rings. The lowest BCUT2D eigenvalue weighted by Crippen LogP contribution is -2.15. The Morgan fingerprint density at radius 1 is 1.00 bits per heavy atom. The largest absolute Gasteiger partial charge is 0.388 e. The zero-order valence-electron chi connectivity index (χ0n) is 9.17. The molecule has 0 heterocycles. The highest BCUT2D eigenvalue weighted by atomic mass is 19.1. The second-order valence-corrected chi connectivity index (χ2v) is 4.25. The Balaban J connectivity index is 2.95. The number of rotatable bonds is 3. The van der Waals surface area contributed by atoms with Crippen LogP contribution in [0.5, 0.6) is 0 Å². The van der Waals surface area contributed by atoms with E-state index < -0.39 is 17.7 Å². The minimum Gasteiger partial charge on any atom is -0.388 e. The van der Waals surface area contributed by atoms with Gasteiger partial charge in [0.25, 0.3) is 0 Å². The summed E-state index contributed by atoms with van der Waals surface area (Å²) in [5.41, 5.74) is 0.300. The van der Waals surface area contributed by atoms with Gasteiger partial charge in [-0.1, -0.05) is 20.8 Å². The van der Waals surface area contributed by atoms with E-state index in [1.54, 1.807) is 0 Å². The minimum absolute atomic E-state index is 0.0359. The smallest absolute Gasteiger partial charge is 0.126 e. The second kappa shape index (κ2) is 4.71. The lowest BCUT2D eigenvalue weighted by Gasteiger charge is -2.22. The van der Waals surface area contributed by atoms with E-state index in [-0.39, 0.29) is 11.8 Å². The predicted octanol–water partition coefficient (Wildman–Crippen LogP) is 3.29. The molecule has 3 heteroatoms. The molecule has 2 atom stereocenters. The Kier molecular flexibility index (Phi) is 3.80. The predicted molar refractivity (Wildman–Crippen MR) is 55.3 cm³/mol. The third-order valence-electron chi connectivity index (χ3n) is 2.78. The maximum atomic E-state index is 12.9. The molecular weight excluding hydrogens is 198 g/mol. The highest BCUT2D eigenvalue weighted by Gasteiger charge is 2.20. The Morgan fingerprint density at radius 2 is 1.47 bits per heavy atom. The van der Waals surface area contributed by atoms with Gasteiger partial charge >= 0.3 is 0 Å². The van der Waals surface area contributed by atoms with Crippen LogP contribution in [0.4, 0.5) is 8.78 Å². The summed E-state index contributed by atoms with van der Waals surface area (Å²) in [6.45, 7) is 5.78. The molecule has 0 saturated heterocycles. The zero-order chi connectivity index (χ0) is 11.6. The van der Waals surface area contributed by atoms with Crippen LogP contribution in [0.2, 0.25) is 0 Å². The summed E-state index contributed by atoms with van der Waals surface area (Å²) in [5, 5.41) is 9.88. The van der Waals surface area contributed by atoms with Crippen LogP contribution in [0.1, 0.15) is 32.4 Å². The number of hydrogen-bond donors (Lipinski definition) is 1. The van der Waals surface area contributed by atoms with Crippen LogP contribution in [-0.2, 0) is 0 Å². The van der Waals surface area contributed by atoms with Crippen molar-refractivity contribution in [2.24, 2.45) is 11.8 Å². The molecule has 0 amide bonds. The molecule has 0 bridgehead atoms. The van der Waals surface area contributed by atoms with E-state index >= 15 is 0 Å². The summed E-state index contributed by atoms with van der Waals surface area (Å²) in [6, 6.07) is 3.15. The summed E-state index contributed by atoms with van der Waals surface area (Å²) >= 11 is 0. The average Bonchev–Trinajstić information content (AvgIpc) is 2.13. The molecule has 0 radical (unpaired) electrons. The number of halogens is 2. The molecule has 0 saturated carbocycles. The Morgan fingerprint density at radius 3 is 1.87 bits per heavy atom. The Hall–Kier alpha value is -0.960. The van der Waals surface area contributed by atoms with Gasteiger partial charge in [-0.2, -0.15) is 0 Å². The lowest BCUT2D eigenvalue weighted by atomic mass is 9.88. The molecule has 2 unspecified atom stereocenters. The van der Waals surface area contributed by atoms with Gasteiger partial charge in [-0.05, 0) is 29.5 Å². The highest BCUT2D eigenvalue weighted by molar-refractivity contribution is 5.20. The van der Waals surface area contributed by atoms with Crippen molar-refractivity contribution in [2.75, 3.05) is 0 Å². The van der Waals surface area contributed by atoms with Gasteiger partial charge in [0, 0.05) is 6.07 Å². The molecule has 1 nitrogen and oxygen atoms in total. The third kappa shape index (κ3) is 2.99. The van der Waals surface area contributed by atoms with Crippen LogP contribution in [0.15, 0.2) is 18.2 Å². The summed E-state index contributed by atoms with van der Waals surface area (Å²) in [5.74, 6) is -1.09. The SMILES string of the molecule is CC(C)C(C)C(O)c1cc(F)cc(F)c1. The van der Waals surface area contributed by atoms with Gasteiger partial charge in [0.1, 0.15) is 11.6 Å². The van der Waals surface area contributed by atoms with Crippen LogP contribution in [-0.4, -0.2) is 5.11 Å². The molecule has 0 fully saturated rings. The molecule has 15 heavy (non-hydrogen) atoms. The first kappa shape index (κ1) is 12.1. The molecular formula is C12H16F2O. The van der Waals surface area contributed by atoms with Crippen LogP contribution < -0.4 is 0 Å². The van der Waals surface area contributed by atoms with Crippen LogP contribution in [0, 0.1) is 23.5 Å². The minimum atomic E-state index is -0.824. The zero-order valence-corrected chi connectivity index (χ0v) is 9.17. The van der Waals surface area contributed by atoms with Crippen molar-refractivity contribution in [2.45, 2.75) is 26.9 Å². The van der Waals surface area contributed by atoms with Crippen LogP contribution >= 0.6 is 0 Å².